The van der Waals surface area contributed by atoms with Gasteiger partial charge in [-0.15, -0.1) is 0 Å². The van der Waals surface area contributed by atoms with Gasteiger partial charge in [-0.1, -0.05) is 24.3 Å². The molecule has 0 saturated carbocycles. The van der Waals surface area contributed by atoms with Crippen molar-refractivity contribution in [3.8, 4) is 0 Å². The van der Waals surface area contributed by atoms with Gasteiger partial charge in [0, 0.05) is 18.7 Å². The van der Waals surface area contributed by atoms with E-state index in [-0.39, 0.29) is 5.78 Å². The lowest BCUT2D eigenvalue weighted by molar-refractivity contribution is -0.144. The maximum absolute atomic E-state index is 12.8. The molecule has 1 spiro atoms. The Hall–Kier alpha value is -1.68. The average Bonchev–Trinajstić information content (AvgIpc) is 2.73. The van der Waals surface area contributed by atoms with Crippen molar-refractivity contribution in [2.75, 3.05) is 20.1 Å². The summed E-state index contributed by atoms with van der Waals surface area (Å²) < 4.78 is 0. The smallest absolute Gasteiger partial charge is 0.308 e. The Morgan fingerprint density at radius 3 is 2.89 bits per heavy atom. The van der Waals surface area contributed by atoms with Crippen LogP contribution in [-0.4, -0.2) is 41.9 Å². The van der Waals surface area contributed by atoms with Crippen molar-refractivity contribution in [2.24, 2.45) is 11.3 Å². The van der Waals surface area contributed by atoms with Gasteiger partial charge in [-0.25, -0.2) is 0 Å². The quantitative estimate of drug-likeness (QED) is 0.829. The first-order valence-corrected chi connectivity index (χ1v) is 6.59. The number of aliphatic carboxylic acids is 1. The van der Waals surface area contributed by atoms with Gasteiger partial charge < -0.3 is 10.0 Å². The summed E-state index contributed by atoms with van der Waals surface area (Å²) in [6, 6.07) is 7.58. The number of rotatable bonds is 1. The third kappa shape index (κ3) is 1.70. The number of carboxylic acids is 1. The van der Waals surface area contributed by atoms with E-state index in [9.17, 15) is 14.7 Å². The number of hydrogen-bond donors (Lipinski definition) is 1. The van der Waals surface area contributed by atoms with Crippen LogP contribution in [0.15, 0.2) is 24.3 Å². The number of ketones is 1. The van der Waals surface area contributed by atoms with Gasteiger partial charge >= 0.3 is 5.97 Å². The summed E-state index contributed by atoms with van der Waals surface area (Å²) in [5.74, 6) is -1.42. The number of hydrogen-bond acceptors (Lipinski definition) is 3. The highest BCUT2D eigenvalue weighted by Gasteiger charge is 2.55. The number of nitrogens with zero attached hydrogens (tertiary/aromatic N) is 1. The zero-order valence-corrected chi connectivity index (χ0v) is 10.9. The molecule has 1 fully saturated rings. The van der Waals surface area contributed by atoms with E-state index < -0.39 is 17.3 Å². The van der Waals surface area contributed by atoms with E-state index in [2.05, 4.69) is 0 Å². The van der Waals surface area contributed by atoms with Crippen molar-refractivity contribution in [1.29, 1.82) is 0 Å². The van der Waals surface area contributed by atoms with E-state index in [1.165, 1.54) is 0 Å². The number of aryl methyl sites for hydroxylation is 1. The van der Waals surface area contributed by atoms with Gasteiger partial charge in [0.1, 0.15) is 0 Å². The van der Waals surface area contributed by atoms with Crippen molar-refractivity contribution in [1.82, 2.24) is 4.90 Å². The fourth-order valence-electron chi connectivity index (χ4n) is 3.64. The summed E-state index contributed by atoms with van der Waals surface area (Å²) in [7, 11) is 1.89. The summed E-state index contributed by atoms with van der Waals surface area (Å²) in [6.07, 6.45) is 1.43. The van der Waals surface area contributed by atoms with Gasteiger partial charge in [0.15, 0.2) is 5.78 Å². The van der Waals surface area contributed by atoms with Crippen LogP contribution < -0.4 is 0 Å². The fourth-order valence-corrected chi connectivity index (χ4v) is 3.64. The Balaban J connectivity index is 2.07. The van der Waals surface area contributed by atoms with E-state index in [1.807, 2.05) is 36.2 Å². The first-order chi connectivity index (χ1) is 9.04. The van der Waals surface area contributed by atoms with E-state index >= 15 is 0 Å². The van der Waals surface area contributed by atoms with Crippen molar-refractivity contribution >= 4 is 11.8 Å². The molecule has 1 saturated heterocycles. The predicted molar refractivity (Wildman–Crippen MR) is 70.1 cm³/mol. The Kier molecular flexibility index (Phi) is 2.71. The molecular weight excluding hydrogens is 242 g/mol. The van der Waals surface area contributed by atoms with Crippen LogP contribution in [0.5, 0.6) is 0 Å². The minimum Gasteiger partial charge on any atom is -0.481 e. The van der Waals surface area contributed by atoms with E-state index in [0.717, 1.165) is 17.5 Å². The Bertz CT molecular complexity index is 554. The highest BCUT2D eigenvalue weighted by atomic mass is 16.4. The molecule has 4 heteroatoms. The predicted octanol–water partition coefficient (Wildman–Crippen LogP) is 1.45. The topological polar surface area (TPSA) is 57.6 Å². The van der Waals surface area contributed by atoms with Crippen LogP contribution in [0.2, 0.25) is 0 Å². The number of carbonyl (C=O) groups is 2. The third-order valence-corrected chi connectivity index (χ3v) is 4.57. The zero-order chi connectivity index (χ0) is 13.6. The van der Waals surface area contributed by atoms with Crippen molar-refractivity contribution in [3.63, 3.8) is 0 Å². The number of carboxylic acid groups (broad SMARTS) is 1. The molecule has 1 N–H and O–H groups in total. The maximum Gasteiger partial charge on any atom is 0.308 e. The van der Waals surface area contributed by atoms with Gasteiger partial charge in [-0.3, -0.25) is 9.59 Å². The molecule has 0 amide bonds. The molecular formula is C15H17NO3. The molecule has 0 radical (unpaired) electrons. The highest BCUT2D eigenvalue weighted by molar-refractivity contribution is 6.05. The Morgan fingerprint density at radius 1 is 1.42 bits per heavy atom. The minimum absolute atomic E-state index is 0.0195. The van der Waals surface area contributed by atoms with Crippen molar-refractivity contribution in [3.05, 3.63) is 35.4 Å². The summed E-state index contributed by atoms with van der Waals surface area (Å²) in [4.78, 5) is 26.3. The molecule has 2 atom stereocenters. The minimum atomic E-state index is -0.850. The van der Waals surface area contributed by atoms with Gasteiger partial charge in [-0.05, 0) is 25.5 Å². The summed E-state index contributed by atoms with van der Waals surface area (Å²) in [6.45, 7) is 1.01. The number of Topliss-reactive ketones (excluding diaryl/α,β-unsaturated/α-hetero) is 1. The highest BCUT2D eigenvalue weighted by Crippen LogP contribution is 2.45. The monoisotopic (exact) mass is 259 g/mol. The SMILES string of the molecule is CN1C[C@@H](C(=O)O)[C@@]2(CCc3ccccc3C2=O)C1. The van der Waals surface area contributed by atoms with Gasteiger partial charge in [0.05, 0.1) is 11.3 Å². The number of carbonyl (C=O) groups excluding carboxylic acids is 1. The molecule has 1 aromatic carbocycles. The second kappa shape index (κ2) is 4.17. The van der Waals surface area contributed by atoms with Crippen molar-refractivity contribution in [2.45, 2.75) is 12.8 Å². The van der Waals surface area contributed by atoms with E-state index in [0.29, 0.717) is 19.5 Å². The average molecular weight is 259 g/mol. The lowest BCUT2D eigenvalue weighted by Crippen LogP contribution is -2.45. The second-order valence-electron chi connectivity index (χ2n) is 5.73. The first kappa shape index (κ1) is 12.4. The Morgan fingerprint density at radius 2 is 2.16 bits per heavy atom. The molecule has 0 unspecified atom stereocenters. The van der Waals surface area contributed by atoms with Crippen LogP contribution in [0.25, 0.3) is 0 Å². The second-order valence-corrected chi connectivity index (χ2v) is 5.73. The Labute approximate surface area is 112 Å². The van der Waals surface area contributed by atoms with E-state index in [1.54, 1.807) is 0 Å². The lowest BCUT2D eigenvalue weighted by Gasteiger charge is -2.35. The van der Waals surface area contributed by atoms with E-state index in [4.69, 9.17) is 0 Å². The van der Waals surface area contributed by atoms with Crippen LogP contribution in [0.3, 0.4) is 0 Å². The molecule has 1 aliphatic carbocycles. The van der Waals surface area contributed by atoms with Crippen LogP contribution in [0.4, 0.5) is 0 Å². The van der Waals surface area contributed by atoms with Crippen LogP contribution in [0.1, 0.15) is 22.3 Å². The fraction of sp³-hybridized carbons (Fsp3) is 0.467. The normalized spacial score (nSPS) is 30.6. The van der Waals surface area contributed by atoms with Crippen LogP contribution in [0, 0.1) is 11.3 Å². The molecule has 0 bridgehead atoms. The summed E-state index contributed by atoms with van der Waals surface area (Å²) >= 11 is 0. The molecule has 3 rings (SSSR count). The number of fused-ring (bicyclic) bond motifs is 1. The van der Waals surface area contributed by atoms with Crippen molar-refractivity contribution < 1.29 is 14.7 Å². The largest absolute Gasteiger partial charge is 0.481 e. The van der Waals surface area contributed by atoms with Gasteiger partial charge in [0.2, 0.25) is 0 Å². The summed E-state index contributed by atoms with van der Waals surface area (Å²) in [5.41, 5.74) is 1.04. The molecule has 1 heterocycles. The summed E-state index contributed by atoms with van der Waals surface area (Å²) in [5, 5.41) is 9.44. The molecule has 0 aromatic heterocycles. The molecule has 19 heavy (non-hydrogen) atoms. The standard InChI is InChI=1S/C15H17NO3/c1-16-8-12(14(18)19)15(9-16)7-6-10-4-2-3-5-11(10)13(15)17/h2-5,12H,6-9H2,1H3,(H,18,19)/t12-,15+/m0/s1. The zero-order valence-electron chi connectivity index (χ0n) is 10.9. The van der Waals surface area contributed by atoms with Gasteiger partial charge in [-0.2, -0.15) is 0 Å². The number of benzene rings is 1. The third-order valence-electron chi connectivity index (χ3n) is 4.57. The molecule has 2 aliphatic rings. The lowest BCUT2D eigenvalue weighted by atomic mass is 9.65. The maximum atomic E-state index is 12.8. The van der Waals surface area contributed by atoms with Crippen LogP contribution >= 0.6 is 0 Å². The molecule has 1 aromatic rings. The molecule has 100 valence electrons. The molecule has 1 aliphatic heterocycles. The van der Waals surface area contributed by atoms with Crippen LogP contribution in [-0.2, 0) is 11.2 Å². The number of likely N-dealkylation sites (tertiary alicyclic amines) is 1. The first-order valence-electron chi connectivity index (χ1n) is 6.59. The van der Waals surface area contributed by atoms with Gasteiger partial charge in [0.25, 0.3) is 0 Å². The molecule has 4 nitrogen and oxygen atoms in total.